The molecule has 1 aromatic rings. The molecule has 0 spiro atoms. The van der Waals surface area contributed by atoms with Gasteiger partial charge in [-0.15, -0.1) is 12.4 Å². The van der Waals surface area contributed by atoms with Crippen LogP contribution in [0.5, 0.6) is 0 Å². The van der Waals surface area contributed by atoms with Gasteiger partial charge in [-0.05, 0) is 51.0 Å². The average molecular weight is 311 g/mol. The van der Waals surface area contributed by atoms with Gasteiger partial charge in [-0.3, -0.25) is 4.79 Å². The third kappa shape index (κ3) is 6.49. The molecule has 0 heterocycles. The predicted molar refractivity (Wildman–Crippen MR) is 89.7 cm³/mol. The fourth-order valence-electron chi connectivity index (χ4n) is 2.77. The van der Waals surface area contributed by atoms with Gasteiger partial charge in [0.05, 0.1) is 0 Å². The Balaban J connectivity index is 0.00000220. The van der Waals surface area contributed by atoms with E-state index in [1.807, 2.05) is 0 Å². The van der Waals surface area contributed by atoms with E-state index in [9.17, 15) is 4.79 Å². The Labute approximate surface area is 134 Å². The zero-order chi connectivity index (χ0) is 14.4. The number of nitrogens with two attached hydrogens (primary N) is 1. The third-order valence-electron chi connectivity index (χ3n) is 4.13. The number of nitrogens with one attached hydrogen (secondary N) is 1. The highest BCUT2D eigenvalue weighted by molar-refractivity contribution is 5.85. The lowest BCUT2D eigenvalue weighted by atomic mass is 9.92. The second-order valence-corrected chi connectivity index (χ2v) is 6.02. The van der Waals surface area contributed by atoms with Crippen molar-refractivity contribution in [3.8, 4) is 0 Å². The summed E-state index contributed by atoms with van der Waals surface area (Å²) >= 11 is 0. The maximum atomic E-state index is 11.9. The topological polar surface area (TPSA) is 55.1 Å². The summed E-state index contributed by atoms with van der Waals surface area (Å²) in [6, 6.07) is 9.23. The quantitative estimate of drug-likeness (QED) is 0.878. The van der Waals surface area contributed by atoms with Gasteiger partial charge in [0.15, 0.2) is 0 Å². The minimum absolute atomic E-state index is 0. The number of carbonyl (C=O) groups is 1. The van der Waals surface area contributed by atoms with Gasteiger partial charge >= 0.3 is 0 Å². The number of carbonyl (C=O) groups excluding carboxylic acids is 1. The molecule has 118 valence electrons. The Kier molecular flexibility index (Phi) is 7.76. The number of aryl methyl sites for hydroxylation is 2. The summed E-state index contributed by atoms with van der Waals surface area (Å²) in [5.74, 6) is 0.192. The Morgan fingerprint density at radius 2 is 1.81 bits per heavy atom. The van der Waals surface area contributed by atoms with E-state index < -0.39 is 0 Å². The molecule has 1 aliphatic rings. The van der Waals surface area contributed by atoms with Crippen molar-refractivity contribution >= 4 is 18.3 Å². The second-order valence-electron chi connectivity index (χ2n) is 6.02. The first kappa shape index (κ1) is 18.0. The van der Waals surface area contributed by atoms with E-state index >= 15 is 0 Å². The number of hydrogen-bond donors (Lipinski definition) is 2. The molecular weight excluding hydrogens is 284 g/mol. The van der Waals surface area contributed by atoms with Gasteiger partial charge in [-0.25, -0.2) is 0 Å². The highest BCUT2D eigenvalue weighted by Gasteiger charge is 2.19. The average Bonchev–Trinajstić information content (AvgIpc) is 2.44. The molecule has 2 rings (SSSR count). The molecule has 0 unspecified atom stereocenters. The van der Waals surface area contributed by atoms with Crippen LogP contribution in [-0.2, 0) is 11.2 Å². The van der Waals surface area contributed by atoms with Gasteiger partial charge in [0.2, 0.25) is 5.91 Å². The molecule has 0 aromatic heterocycles. The predicted octanol–water partition coefficient (Wildman–Crippen LogP) is 3.13. The number of benzene rings is 1. The van der Waals surface area contributed by atoms with Crippen LogP contribution in [0.25, 0.3) is 0 Å². The Bertz CT molecular complexity index is 425. The second kappa shape index (κ2) is 9.06. The number of halogens is 1. The third-order valence-corrected chi connectivity index (χ3v) is 4.13. The first-order valence-corrected chi connectivity index (χ1v) is 7.74. The summed E-state index contributed by atoms with van der Waals surface area (Å²) in [4.78, 5) is 11.9. The Hall–Kier alpha value is -1.06. The van der Waals surface area contributed by atoms with E-state index in [0.29, 0.717) is 18.5 Å². The van der Waals surface area contributed by atoms with Crippen LogP contribution in [0.4, 0.5) is 0 Å². The minimum Gasteiger partial charge on any atom is -0.353 e. The minimum atomic E-state index is 0. The van der Waals surface area contributed by atoms with Crippen LogP contribution < -0.4 is 11.1 Å². The van der Waals surface area contributed by atoms with Gasteiger partial charge in [-0.2, -0.15) is 0 Å². The van der Waals surface area contributed by atoms with Crippen LogP contribution in [0.1, 0.15) is 49.7 Å². The summed E-state index contributed by atoms with van der Waals surface area (Å²) in [6.45, 7) is 2.09. The molecule has 0 radical (unpaired) electrons. The first-order valence-electron chi connectivity index (χ1n) is 7.74. The van der Waals surface area contributed by atoms with Crippen LogP contribution in [0, 0.1) is 6.92 Å². The summed E-state index contributed by atoms with van der Waals surface area (Å²) in [5.41, 5.74) is 8.46. The smallest absolute Gasteiger partial charge is 0.220 e. The molecule has 1 fully saturated rings. The Morgan fingerprint density at radius 3 is 2.43 bits per heavy atom. The normalized spacial score (nSPS) is 21.4. The van der Waals surface area contributed by atoms with Gasteiger partial charge < -0.3 is 11.1 Å². The molecule has 0 bridgehead atoms. The fourth-order valence-corrected chi connectivity index (χ4v) is 2.77. The molecule has 3 nitrogen and oxygen atoms in total. The molecule has 3 N–H and O–H groups in total. The SMILES string of the molecule is Cc1ccc(CCCC(=O)NC2CCC(N)CC2)cc1.Cl. The van der Waals surface area contributed by atoms with Crippen LogP contribution in [0.15, 0.2) is 24.3 Å². The summed E-state index contributed by atoms with van der Waals surface area (Å²) in [5, 5.41) is 3.14. The molecule has 21 heavy (non-hydrogen) atoms. The molecular formula is C17H27ClN2O. The number of amides is 1. The van der Waals surface area contributed by atoms with Crippen molar-refractivity contribution in [1.29, 1.82) is 0 Å². The van der Waals surface area contributed by atoms with E-state index in [-0.39, 0.29) is 18.3 Å². The zero-order valence-corrected chi connectivity index (χ0v) is 13.6. The van der Waals surface area contributed by atoms with Crippen molar-refractivity contribution in [2.24, 2.45) is 5.73 Å². The van der Waals surface area contributed by atoms with Crippen molar-refractivity contribution in [3.05, 3.63) is 35.4 Å². The van der Waals surface area contributed by atoms with E-state index in [0.717, 1.165) is 38.5 Å². The molecule has 1 amide bonds. The standard InChI is InChI=1S/C17H26N2O.ClH/c1-13-5-7-14(8-6-13)3-2-4-17(20)19-16-11-9-15(18)10-12-16;/h5-8,15-16H,2-4,9-12,18H2,1H3,(H,19,20);1H. The largest absolute Gasteiger partial charge is 0.353 e. The summed E-state index contributed by atoms with van der Waals surface area (Å²) in [6.07, 6.45) is 6.65. The fraction of sp³-hybridized carbons (Fsp3) is 0.588. The highest BCUT2D eigenvalue weighted by atomic mass is 35.5. The maximum absolute atomic E-state index is 11.9. The lowest BCUT2D eigenvalue weighted by Gasteiger charge is -2.26. The van der Waals surface area contributed by atoms with E-state index in [1.165, 1.54) is 11.1 Å². The van der Waals surface area contributed by atoms with Crippen LogP contribution in [-0.4, -0.2) is 18.0 Å². The van der Waals surface area contributed by atoms with E-state index in [2.05, 4.69) is 36.5 Å². The molecule has 0 aliphatic heterocycles. The summed E-state index contributed by atoms with van der Waals surface area (Å²) < 4.78 is 0. The monoisotopic (exact) mass is 310 g/mol. The lowest BCUT2D eigenvalue weighted by Crippen LogP contribution is -2.40. The van der Waals surface area contributed by atoms with Crippen LogP contribution >= 0.6 is 12.4 Å². The van der Waals surface area contributed by atoms with Gasteiger partial charge in [0, 0.05) is 18.5 Å². The lowest BCUT2D eigenvalue weighted by molar-refractivity contribution is -0.122. The van der Waals surface area contributed by atoms with E-state index in [1.54, 1.807) is 0 Å². The highest BCUT2D eigenvalue weighted by Crippen LogP contribution is 2.17. The van der Waals surface area contributed by atoms with Gasteiger partial charge in [-0.1, -0.05) is 29.8 Å². The molecule has 4 heteroatoms. The van der Waals surface area contributed by atoms with Crippen LogP contribution in [0.2, 0.25) is 0 Å². The Morgan fingerprint density at radius 1 is 1.19 bits per heavy atom. The molecule has 0 atom stereocenters. The van der Waals surface area contributed by atoms with Gasteiger partial charge in [0.1, 0.15) is 0 Å². The summed E-state index contributed by atoms with van der Waals surface area (Å²) in [7, 11) is 0. The first-order chi connectivity index (χ1) is 9.63. The molecule has 1 saturated carbocycles. The van der Waals surface area contributed by atoms with E-state index in [4.69, 9.17) is 5.73 Å². The molecule has 1 aliphatic carbocycles. The molecule has 0 saturated heterocycles. The number of hydrogen-bond acceptors (Lipinski definition) is 2. The van der Waals surface area contributed by atoms with Gasteiger partial charge in [0.25, 0.3) is 0 Å². The van der Waals surface area contributed by atoms with Crippen LogP contribution in [0.3, 0.4) is 0 Å². The maximum Gasteiger partial charge on any atom is 0.220 e. The molecule has 1 aromatic carbocycles. The number of rotatable bonds is 5. The van der Waals surface area contributed by atoms with Crippen molar-refractivity contribution < 1.29 is 4.79 Å². The van der Waals surface area contributed by atoms with Crippen molar-refractivity contribution in [3.63, 3.8) is 0 Å². The van der Waals surface area contributed by atoms with Crippen molar-refractivity contribution in [2.45, 2.75) is 64.0 Å². The van der Waals surface area contributed by atoms with Crippen molar-refractivity contribution in [1.82, 2.24) is 5.32 Å². The zero-order valence-electron chi connectivity index (χ0n) is 12.8. The van der Waals surface area contributed by atoms with Crippen molar-refractivity contribution in [2.75, 3.05) is 0 Å².